The van der Waals surface area contributed by atoms with Crippen LogP contribution in [0.4, 0.5) is 0 Å². The van der Waals surface area contributed by atoms with E-state index < -0.39 is 0 Å². The van der Waals surface area contributed by atoms with Crippen LogP contribution < -0.4 is 15.2 Å². The Kier molecular flexibility index (Phi) is 5.43. The number of nitrogens with two attached hydrogens (primary N) is 1. The van der Waals surface area contributed by atoms with E-state index in [2.05, 4.69) is 4.98 Å². The van der Waals surface area contributed by atoms with Crippen LogP contribution in [-0.2, 0) is 13.0 Å². The lowest BCUT2D eigenvalue weighted by atomic mass is 10.1. The van der Waals surface area contributed by atoms with Crippen molar-refractivity contribution in [3.8, 4) is 11.5 Å². The van der Waals surface area contributed by atoms with Crippen molar-refractivity contribution in [3.63, 3.8) is 0 Å². The van der Waals surface area contributed by atoms with Gasteiger partial charge >= 0.3 is 0 Å². The van der Waals surface area contributed by atoms with Crippen LogP contribution in [0.3, 0.4) is 0 Å². The molecule has 0 aliphatic carbocycles. The van der Waals surface area contributed by atoms with Crippen molar-refractivity contribution in [1.82, 2.24) is 9.55 Å². The number of methoxy groups -OCH3 is 1. The Morgan fingerprint density at radius 3 is 2.95 bits per heavy atom. The second-order valence-electron chi connectivity index (χ2n) is 4.49. The lowest BCUT2D eigenvalue weighted by Gasteiger charge is -2.14. The molecule has 1 heterocycles. The van der Waals surface area contributed by atoms with Crippen LogP contribution in [0.2, 0.25) is 0 Å². The van der Waals surface area contributed by atoms with Gasteiger partial charge in [0.2, 0.25) is 0 Å². The number of hydrogen-bond donors (Lipinski definition) is 1. The van der Waals surface area contributed by atoms with Crippen molar-refractivity contribution >= 4 is 0 Å². The van der Waals surface area contributed by atoms with Gasteiger partial charge in [-0.3, -0.25) is 0 Å². The standard InChI is InChI=1S/C15H21N3O2/c1-19-14-5-2-4-13(6-7-16)15(14)20-11-3-9-18-10-8-17-12-18/h2,4-5,8,10,12H,3,6-7,9,11,16H2,1H3. The van der Waals surface area contributed by atoms with E-state index in [9.17, 15) is 0 Å². The van der Waals surface area contributed by atoms with Crippen LogP contribution in [0.15, 0.2) is 36.9 Å². The third kappa shape index (κ3) is 3.74. The molecule has 1 aromatic carbocycles. The van der Waals surface area contributed by atoms with Gasteiger partial charge in [-0.15, -0.1) is 0 Å². The van der Waals surface area contributed by atoms with Crippen molar-refractivity contribution < 1.29 is 9.47 Å². The summed E-state index contributed by atoms with van der Waals surface area (Å²) in [5, 5.41) is 0. The Hall–Kier alpha value is -2.01. The van der Waals surface area contributed by atoms with E-state index in [-0.39, 0.29) is 0 Å². The molecule has 0 saturated heterocycles. The highest BCUT2D eigenvalue weighted by Gasteiger charge is 2.09. The SMILES string of the molecule is COc1cccc(CCN)c1OCCCn1ccnc1. The molecule has 0 fully saturated rings. The van der Waals surface area contributed by atoms with Gasteiger partial charge in [-0.1, -0.05) is 12.1 Å². The molecule has 20 heavy (non-hydrogen) atoms. The fraction of sp³-hybridized carbons (Fsp3) is 0.400. The van der Waals surface area contributed by atoms with Gasteiger partial charge in [0.15, 0.2) is 11.5 Å². The average Bonchev–Trinajstić information content (AvgIpc) is 2.98. The Morgan fingerprint density at radius 2 is 2.25 bits per heavy atom. The maximum absolute atomic E-state index is 5.90. The van der Waals surface area contributed by atoms with Crippen molar-refractivity contribution in [2.24, 2.45) is 5.73 Å². The zero-order chi connectivity index (χ0) is 14.2. The average molecular weight is 275 g/mol. The van der Waals surface area contributed by atoms with Gasteiger partial charge < -0.3 is 19.8 Å². The smallest absolute Gasteiger partial charge is 0.164 e. The quantitative estimate of drug-likeness (QED) is 0.747. The van der Waals surface area contributed by atoms with Crippen LogP contribution in [-0.4, -0.2) is 29.8 Å². The molecule has 0 aliphatic rings. The number of aromatic nitrogens is 2. The molecule has 0 atom stereocenters. The number of aryl methyl sites for hydroxylation is 1. The predicted octanol–water partition coefficient (Wildman–Crippen LogP) is 1.86. The highest BCUT2D eigenvalue weighted by molar-refractivity contribution is 5.46. The van der Waals surface area contributed by atoms with Gasteiger partial charge in [-0.25, -0.2) is 4.98 Å². The molecular weight excluding hydrogens is 254 g/mol. The van der Waals surface area contributed by atoms with E-state index in [4.69, 9.17) is 15.2 Å². The van der Waals surface area contributed by atoms with Crippen LogP contribution in [0.25, 0.3) is 0 Å². The maximum Gasteiger partial charge on any atom is 0.164 e. The summed E-state index contributed by atoms with van der Waals surface area (Å²) in [5.74, 6) is 1.57. The summed E-state index contributed by atoms with van der Waals surface area (Å²) in [6.07, 6.45) is 7.23. The Morgan fingerprint density at radius 1 is 1.35 bits per heavy atom. The van der Waals surface area contributed by atoms with E-state index >= 15 is 0 Å². The first-order valence-electron chi connectivity index (χ1n) is 6.79. The lowest BCUT2D eigenvalue weighted by molar-refractivity contribution is 0.280. The van der Waals surface area contributed by atoms with E-state index in [0.717, 1.165) is 36.4 Å². The highest BCUT2D eigenvalue weighted by Crippen LogP contribution is 2.31. The minimum atomic E-state index is 0.596. The molecule has 0 saturated carbocycles. The first-order chi connectivity index (χ1) is 9.85. The summed E-state index contributed by atoms with van der Waals surface area (Å²) >= 11 is 0. The summed E-state index contributed by atoms with van der Waals surface area (Å²) in [6.45, 7) is 2.12. The van der Waals surface area contributed by atoms with Gasteiger partial charge in [-0.2, -0.15) is 0 Å². The van der Waals surface area contributed by atoms with Gasteiger partial charge in [0, 0.05) is 18.9 Å². The number of hydrogen-bond acceptors (Lipinski definition) is 4. The zero-order valence-electron chi connectivity index (χ0n) is 11.8. The third-order valence-corrected chi connectivity index (χ3v) is 3.06. The molecule has 0 amide bonds. The minimum absolute atomic E-state index is 0.596. The van der Waals surface area contributed by atoms with Crippen LogP contribution in [0.1, 0.15) is 12.0 Å². The topological polar surface area (TPSA) is 62.3 Å². The summed E-state index contributed by atoms with van der Waals surface area (Å²) in [4.78, 5) is 4.01. The highest BCUT2D eigenvalue weighted by atomic mass is 16.5. The monoisotopic (exact) mass is 275 g/mol. The zero-order valence-corrected chi connectivity index (χ0v) is 11.8. The summed E-state index contributed by atoms with van der Waals surface area (Å²) in [7, 11) is 1.65. The molecular formula is C15H21N3O2. The van der Waals surface area contributed by atoms with Gasteiger partial charge in [0.1, 0.15) is 0 Å². The molecule has 2 aromatic rings. The third-order valence-electron chi connectivity index (χ3n) is 3.06. The van der Waals surface area contributed by atoms with Crippen molar-refractivity contribution in [3.05, 3.63) is 42.5 Å². The molecule has 2 N–H and O–H groups in total. The molecule has 0 spiro atoms. The second kappa shape index (κ2) is 7.55. The molecule has 1 aromatic heterocycles. The number of benzene rings is 1. The Bertz CT molecular complexity index is 512. The fourth-order valence-electron chi connectivity index (χ4n) is 2.08. The van der Waals surface area contributed by atoms with Crippen LogP contribution >= 0.6 is 0 Å². The van der Waals surface area contributed by atoms with Crippen molar-refractivity contribution in [2.75, 3.05) is 20.3 Å². The van der Waals surface area contributed by atoms with Crippen molar-refractivity contribution in [1.29, 1.82) is 0 Å². The van der Waals surface area contributed by atoms with E-state index in [0.29, 0.717) is 13.2 Å². The van der Waals surface area contributed by atoms with Gasteiger partial charge in [0.25, 0.3) is 0 Å². The molecule has 5 heteroatoms. The largest absolute Gasteiger partial charge is 0.493 e. The Balaban J connectivity index is 1.93. The summed E-state index contributed by atoms with van der Waals surface area (Å²) in [6, 6.07) is 5.90. The molecule has 0 bridgehead atoms. The summed E-state index contributed by atoms with van der Waals surface area (Å²) < 4.78 is 13.3. The van der Waals surface area contributed by atoms with Gasteiger partial charge in [-0.05, 0) is 31.0 Å². The van der Waals surface area contributed by atoms with Crippen molar-refractivity contribution in [2.45, 2.75) is 19.4 Å². The predicted molar refractivity (Wildman–Crippen MR) is 78.1 cm³/mol. The first-order valence-corrected chi connectivity index (χ1v) is 6.79. The van der Waals surface area contributed by atoms with E-state index in [1.54, 1.807) is 13.3 Å². The molecule has 5 nitrogen and oxygen atoms in total. The molecule has 0 aliphatic heterocycles. The number of para-hydroxylation sites is 1. The number of ether oxygens (including phenoxy) is 2. The second-order valence-corrected chi connectivity index (χ2v) is 4.49. The fourth-order valence-corrected chi connectivity index (χ4v) is 2.08. The molecule has 0 unspecified atom stereocenters. The maximum atomic E-state index is 5.90. The number of nitrogens with zero attached hydrogens (tertiary/aromatic N) is 2. The van der Waals surface area contributed by atoms with E-state index in [1.807, 2.05) is 35.3 Å². The summed E-state index contributed by atoms with van der Waals surface area (Å²) in [5.41, 5.74) is 6.73. The van der Waals surface area contributed by atoms with E-state index in [1.165, 1.54) is 0 Å². The minimum Gasteiger partial charge on any atom is -0.493 e. The first kappa shape index (κ1) is 14.4. The van der Waals surface area contributed by atoms with Crippen LogP contribution in [0, 0.1) is 0 Å². The molecule has 108 valence electrons. The molecule has 2 rings (SSSR count). The number of rotatable bonds is 8. The number of imidazole rings is 1. The Labute approximate surface area is 119 Å². The normalized spacial score (nSPS) is 10.5. The van der Waals surface area contributed by atoms with Crippen LogP contribution in [0.5, 0.6) is 11.5 Å². The van der Waals surface area contributed by atoms with Gasteiger partial charge in [0.05, 0.1) is 20.0 Å². The lowest BCUT2D eigenvalue weighted by Crippen LogP contribution is -2.08. The molecule has 0 radical (unpaired) electrons.